The zero-order valence-electron chi connectivity index (χ0n) is 13.6. The molecule has 0 aromatic rings. The summed E-state index contributed by atoms with van der Waals surface area (Å²) in [5, 5.41) is 14.3. The first-order valence-electron chi connectivity index (χ1n) is 7.61. The summed E-state index contributed by atoms with van der Waals surface area (Å²) in [7, 11) is 0. The SMILES string of the molecule is C[C@H](NC(=O)OC(C)(C)C)C(=O)N[C@H]1CC[C@H](C(=O)O)CC1. The Morgan fingerprint density at radius 3 is 2.14 bits per heavy atom. The monoisotopic (exact) mass is 314 g/mol. The Balaban J connectivity index is 2.36. The Morgan fingerprint density at radius 2 is 1.68 bits per heavy atom. The minimum absolute atomic E-state index is 0.0361. The molecule has 0 heterocycles. The van der Waals surface area contributed by atoms with Gasteiger partial charge in [-0.3, -0.25) is 9.59 Å². The van der Waals surface area contributed by atoms with Crippen molar-refractivity contribution in [2.75, 3.05) is 0 Å². The molecule has 0 saturated heterocycles. The van der Waals surface area contributed by atoms with Gasteiger partial charge in [0.2, 0.25) is 5.91 Å². The summed E-state index contributed by atoms with van der Waals surface area (Å²) >= 11 is 0. The van der Waals surface area contributed by atoms with Crippen LogP contribution in [0.5, 0.6) is 0 Å². The van der Waals surface area contributed by atoms with Crippen LogP contribution in [0.25, 0.3) is 0 Å². The molecule has 3 N–H and O–H groups in total. The third-order valence-electron chi connectivity index (χ3n) is 3.55. The Hall–Kier alpha value is -1.79. The van der Waals surface area contributed by atoms with E-state index in [9.17, 15) is 14.4 Å². The van der Waals surface area contributed by atoms with E-state index in [1.54, 1.807) is 27.7 Å². The first kappa shape index (κ1) is 18.3. The molecule has 0 radical (unpaired) electrons. The van der Waals surface area contributed by atoms with Gasteiger partial charge in [-0.15, -0.1) is 0 Å². The number of ether oxygens (including phenoxy) is 1. The van der Waals surface area contributed by atoms with E-state index in [-0.39, 0.29) is 17.9 Å². The number of alkyl carbamates (subject to hydrolysis) is 1. The van der Waals surface area contributed by atoms with Crippen LogP contribution in [0.1, 0.15) is 53.4 Å². The van der Waals surface area contributed by atoms with Crippen molar-refractivity contribution in [1.82, 2.24) is 10.6 Å². The molecule has 0 unspecified atom stereocenters. The number of aliphatic carboxylic acids is 1. The number of rotatable bonds is 4. The molecule has 0 bridgehead atoms. The van der Waals surface area contributed by atoms with Gasteiger partial charge in [-0.2, -0.15) is 0 Å². The molecular weight excluding hydrogens is 288 g/mol. The smallest absolute Gasteiger partial charge is 0.408 e. The number of nitrogens with one attached hydrogen (secondary N) is 2. The van der Waals surface area contributed by atoms with Crippen LogP contribution in [0.3, 0.4) is 0 Å². The lowest BCUT2D eigenvalue weighted by molar-refractivity contribution is -0.142. The van der Waals surface area contributed by atoms with E-state index in [1.807, 2.05) is 0 Å². The Bertz CT molecular complexity index is 422. The first-order chi connectivity index (χ1) is 10.1. The summed E-state index contributed by atoms with van der Waals surface area (Å²) in [6, 6.07) is -0.738. The summed E-state index contributed by atoms with van der Waals surface area (Å²) in [5.41, 5.74) is -0.616. The zero-order chi connectivity index (χ0) is 16.9. The van der Waals surface area contributed by atoms with Gasteiger partial charge < -0.3 is 20.5 Å². The van der Waals surface area contributed by atoms with Crippen molar-refractivity contribution in [2.45, 2.75) is 71.1 Å². The Kier molecular flexibility index (Phi) is 6.20. The van der Waals surface area contributed by atoms with Gasteiger partial charge in [0, 0.05) is 6.04 Å². The number of hydrogen-bond acceptors (Lipinski definition) is 4. The molecule has 2 amide bonds. The minimum Gasteiger partial charge on any atom is -0.481 e. The van der Waals surface area contributed by atoms with Crippen molar-refractivity contribution in [2.24, 2.45) is 5.92 Å². The molecule has 126 valence electrons. The third-order valence-corrected chi connectivity index (χ3v) is 3.55. The Morgan fingerprint density at radius 1 is 1.14 bits per heavy atom. The van der Waals surface area contributed by atoms with Gasteiger partial charge in [0.05, 0.1) is 5.92 Å². The third kappa shape index (κ3) is 6.32. The van der Waals surface area contributed by atoms with E-state index >= 15 is 0 Å². The largest absolute Gasteiger partial charge is 0.481 e. The van der Waals surface area contributed by atoms with Crippen molar-refractivity contribution in [3.63, 3.8) is 0 Å². The zero-order valence-corrected chi connectivity index (χ0v) is 13.6. The van der Waals surface area contributed by atoms with E-state index in [0.29, 0.717) is 25.7 Å². The van der Waals surface area contributed by atoms with Crippen LogP contribution < -0.4 is 10.6 Å². The molecule has 7 nitrogen and oxygen atoms in total. The van der Waals surface area contributed by atoms with Gasteiger partial charge in [0.25, 0.3) is 0 Å². The van der Waals surface area contributed by atoms with Crippen LogP contribution in [0, 0.1) is 5.92 Å². The highest BCUT2D eigenvalue weighted by atomic mass is 16.6. The average Bonchev–Trinajstić information content (AvgIpc) is 2.36. The van der Waals surface area contributed by atoms with Gasteiger partial charge in [-0.05, 0) is 53.4 Å². The van der Waals surface area contributed by atoms with Crippen LogP contribution in [0.2, 0.25) is 0 Å². The maximum Gasteiger partial charge on any atom is 0.408 e. The van der Waals surface area contributed by atoms with Gasteiger partial charge >= 0.3 is 12.1 Å². The average molecular weight is 314 g/mol. The fraction of sp³-hybridized carbons (Fsp3) is 0.800. The van der Waals surface area contributed by atoms with Crippen molar-refractivity contribution in [3.8, 4) is 0 Å². The van der Waals surface area contributed by atoms with E-state index < -0.39 is 23.7 Å². The van der Waals surface area contributed by atoms with Crippen molar-refractivity contribution >= 4 is 18.0 Å². The molecule has 1 rings (SSSR count). The second-order valence-corrected chi connectivity index (χ2v) is 6.76. The van der Waals surface area contributed by atoms with Crippen molar-refractivity contribution in [3.05, 3.63) is 0 Å². The van der Waals surface area contributed by atoms with Gasteiger partial charge in [-0.25, -0.2) is 4.79 Å². The highest BCUT2D eigenvalue weighted by Crippen LogP contribution is 2.24. The number of carboxylic acids is 1. The van der Waals surface area contributed by atoms with Gasteiger partial charge in [-0.1, -0.05) is 0 Å². The number of amides is 2. The number of carbonyl (C=O) groups excluding carboxylic acids is 2. The molecule has 1 saturated carbocycles. The molecule has 1 aliphatic carbocycles. The fourth-order valence-electron chi connectivity index (χ4n) is 2.36. The van der Waals surface area contributed by atoms with E-state index in [2.05, 4.69) is 10.6 Å². The molecule has 0 aliphatic heterocycles. The molecule has 0 spiro atoms. The number of carbonyl (C=O) groups is 3. The van der Waals surface area contributed by atoms with E-state index in [0.717, 1.165) is 0 Å². The number of hydrogen-bond donors (Lipinski definition) is 3. The van der Waals surface area contributed by atoms with E-state index in [1.165, 1.54) is 0 Å². The topological polar surface area (TPSA) is 105 Å². The highest BCUT2D eigenvalue weighted by Gasteiger charge is 2.28. The normalized spacial score (nSPS) is 23.3. The summed E-state index contributed by atoms with van der Waals surface area (Å²) in [6.07, 6.45) is 1.77. The Labute approximate surface area is 130 Å². The number of carboxylic acid groups (broad SMARTS) is 1. The predicted molar refractivity (Wildman–Crippen MR) is 80.4 cm³/mol. The van der Waals surface area contributed by atoms with Gasteiger partial charge in [0.15, 0.2) is 0 Å². The fourth-order valence-corrected chi connectivity index (χ4v) is 2.36. The van der Waals surface area contributed by atoms with Crippen molar-refractivity contribution in [1.29, 1.82) is 0 Å². The van der Waals surface area contributed by atoms with Crippen LogP contribution >= 0.6 is 0 Å². The second kappa shape index (κ2) is 7.47. The summed E-state index contributed by atoms with van der Waals surface area (Å²) in [6.45, 7) is 6.83. The van der Waals surface area contributed by atoms with Crippen LogP contribution in [0.4, 0.5) is 4.79 Å². The molecular formula is C15H26N2O5. The minimum atomic E-state index is -0.773. The molecule has 1 aliphatic rings. The lowest BCUT2D eigenvalue weighted by Gasteiger charge is -2.28. The maximum atomic E-state index is 12.0. The summed E-state index contributed by atoms with van der Waals surface area (Å²) in [4.78, 5) is 34.5. The quantitative estimate of drug-likeness (QED) is 0.732. The lowest BCUT2D eigenvalue weighted by Crippen LogP contribution is -2.49. The molecule has 1 atom stereocenters. The second-order valence-electron chi connectivity index (χ2n) is 6.76. The lowest BCUT2D eigenvalue weighted by atomic mass is 9.86. The maximum absolute atomic E-state index is 12.0. The van der Waals surface area contributed by atoms with E-state index in [4.69, 9.17) is 9.84 Å². The molecule has 0 aromatic carbocycles. The van der Waals surface area contributed by atoms with Crippen LogP contribution in [0.15, 0.2) is 0 Å². The predicted octanol–water partition coefficient (Wildman–Crippen LogP) is 1.66. The summed E-state index contributed by atoms with van der Waals surface area (Å²) in [5.74, 6) is -1.38. The molecule has 1 fully saturated rings. The molecule has 7 heteroatoms. The van der Waals surface area contributed by atoms with Crippen molar-refractivity contribution < 1.29 is 24.2 Å². The van der Waals surface area contributed by atoms with Crippen LogP contribution in [-0.2, 0) is 14.3 Å². The standard InChI is InChI=1S/C15H26N2O5/c1-9(16-14(21)22-15(2,3)4)12(18)17-11-7-5-10(6-8-11)13(19)20/h9-11H,5-8H2,1-4H3,(H,16,21)(H,17,18)(H,19,20)/t9-,10-,11-/m0/s1. The highest BCUT2D eigenvalue weighted by molar-refractivity contribution is 5.85. The summed E-state index contributed by atoms with van der Waals surface area (Å²) < 4.78 is 5.09. The van der Waals surface area contributed by atoms with Gasteiger partial charge in [0.1, 0.15) is 11.6 Å². The molecule has 0 aromatic heterocycles. The first-order valence-corrected chi connectivity index (χ1v) is 7.61. The molecule has 22 heavy (non-hydrogen) atoms. The van der Waals surface area contributed by atoms with Crippen LogP contribution in [-0.4, -0.2) is 40.8 Å².